The van der Waals surface area contributed by atoms with Crippen LogP contribution in [0.5, 0.6) is 0 Å². The number of rotatable bonds is 7. The topological polar surface area (TPSA) is 129 Å². The first kappa shape index (κ1) is 22.0. The van der Waals surface area contributed by atoms with Gasteiger partial charge in [-0.05, 0) is 44.0 Å². The van der Waals surface area contributed by atoms with Crippen LogP contribution in [0.2, 0.25) is 0 Å². The fraction of sp³-hybridized carbons (Fsp3) is 0.300. The molecular weight excluding hydrogens is 450 g/mol. The number of benzene rings is 1. The van der Waals surface area contributed by atoms with Gasteiger partial charge >= 0.3 is 0 Å². The number of aromatic nitrogens is 3. The zero-order valence-electron chi connectivity index (χ0n) is 17.6. The van der Waals surface area contributed by atoms with Crippen LogP contribution in [0.4, 0.5) is 28.3 Å². The Bertz CT molecular complexity index is 1220. The van der Waals surface area contributed by atoms with Crippen molar-refractivity contribution < 1.29 is 13.2 Å². The Morgan fingerprint density at radius 3 is 2.47 bits per heavy atom. The van der Waals surface area contributed by atoms with Gasteiger partial charge in [0.05, 0.1) is 6.20 Å². The lowest BCUT2D eigenvalue weighted by Gasteiger charge is -2.17. The summed E-state index contributed by atoms with van der Waals surface area (Å²) in [7, 11) is -3.82. The molecule has 32 heavy (non-hydrogen) atoms. The van der Waals surface area contributed by atoms with Crippen molar-refractivity contribution in [1.29, 1.82) is 0 Å². The van der Waals surface area contributed by atoms with E-state index in [-0.39, 0.29) is 15.2 Å². The molecule has 0 aliphatic carbocycles. The maximum Gasteiger partial charge on any atom is 0.273 e. The van der Waals surface area contributed by atoms with Crippen molar-refractivity contribution in [2.24, 2.45) is 0 Å². The van der Waals surface area contributed by atoms with Crippen LogP contribution in [0, 0.1) is 6.92 Å². The highest BCUT2D eigenvalue weighted by molar-refractivity contribution is 7.94. The molecule has 0 atom stereocenters. The molecule has 1 aliphatic rings. The molecule has 1 fully saturated rings. The van der Waals surface area contributed by atoms with Crippen molar-refractivity contribution in [3.05, 3.63) is 42.2 Å². The van der Waals surface area contributed by atoms with Gasteiger partial charge in [0, 0.05) is 43.1 Å². The van der Waals surface area contributed by atoms with E-state index in [0.29, 0.717) is 11.6 Å². The molecule has 3 heterocycles. The van der Waals surface area contributed by atoms with Crippen LogP contribution in [-0.2, 0) is 14.8 Å². The minimum absolute atomic E-state index is 0.00561. The van der Waals surface area contributed by atoms with E-state index in [9.17, 15) is 13.2 Å². The number of carbonyl (C=O) groups is 1. The average Bonchev–Trinajstić information content (AvgIpc) is 3.41. The lowest BCUT2D eigenvalue weighted by atomic mass is 10.3. The summed E-state index contributed by atoms with van der Waals surface area (Å²) in [5.41, 5.74) is 2.00. The van der Waals surface area contributed by atoms with Gasteiger partial charge in [0.25, 0.3) is 10.0 Å². The van der Waals surface area contributed by atoms with Gasteiger partial charge < -0.3 is 15.5 Å². The fourth-order valence-corrected chi connectivity index (χ4v) is 5.40. The van der Waals surface area contributed by atoms with Gasteiger partial charge in [-0.3, -0.25) is 9.52 Å². The first-order valence-corrected chi connectivity index (χ1v) is 12.3. The van der Waals surface area contributed by atoms with E-state index in [2.05, 4.69) is 35.2 Å². The Balaban J connectivity index is 1.44. The quantitative estimate of drug-likeness (QED) is 0.476. The first-order chi connectivity index (χ1) is 15.3. The number of nitrogens with zero attached hydrogens (tertiary/aromatic N) is 4. The number of anilines is 5. The van der Waals surface area contributed by atoms with Crippen LogP contribution in [0.15, 0.2) is 40.7 Å². The van der Waals surface area contributed by atoms with Gasteiger partial charge in [0.1, 0.15) is 5.82 Å². The third-order valence-electron chi connectivity index (χ3n) is 4.70. The number of hydrogen-bond acceptors (Lipinski definition) is 9. The molecule has 0 radical (unpaired) electrons. The Hall–Kier alpha value is -3.25. The lowest BCUT2D eigenvalue weighted by Crippen LogP contribution is -2.19. The summed E-state index contributed by atoms with van der Waals surface area (Å²) in [6.45, 7) is 5.26. The van der Waals surface area contributed by atoms with Crippen LogP contribution in [-0.4, -0.2) is 42.4 Å². The summed E-state index contributed by atoms with van der Waals surface area (Å²) < 4.78 is 27.7. The average molecular weight is 474 g/mol. The highest BCUT2D eigenvalue weighted by Crippen LogP contribution is 2.26. The van der Waals surface area contributed by atoms with E-state index >= 15 is 0 Å². The summed E-state index contributed by atoms with van der Waals surface area (Å²) >= 11 is 0.879. The monoisotopic (exact) mass is 473 g/mol. The van der Waals surface area contributed by atoms with Crippen LogP contribution >= 0.6 is 11.3 Å². The largest absolute Gasteiger partial charge is 0.356 e. The molecule has 12 heteroatoms. The molecule has 4 rings (SSSR count). The second-order valence-corrected chi connectivity index (χ2v) is 10.3. The minimum Gasteiger partial charge on any atom is -0.356 e. The predicted molar refractivity (Wildman–Crippen MR) is 125 cm³/mol. The molecule has 0 saturated carbocycles. The van der Waals surface area contributed by atoms with Gasteiger partial charge in [0.2, 0.25) is 11.9 Å². The zero-order chi connectivity index (χ0) is 22.7. The molecule has 168 valence electrons. The van der Waals surface area contributed by atoms with Crippen LogP contribution in [0.3, 0.4) is 0 Å². The number of amides is 1. The molecule has 1 aromatic carbocycles. The minimum atomic E-state index is -3.82. The number of nitrogens with one attached hydrogen (secondary N) is 3. The number of thiazole rings is 1. The molecule has 2 aromatic heterocycles. The molecule has 1 amide bonds. The van der Waals surface area contributed by atoms with E-state index in [1.807, 2.05) is 13.0 Å². The highest BCUT2D eigenvalue weighted by atomic mass is 32.2. The summed E-state index contributed by atoms with van der Waals surface area (Å²) in [5.74, 6) is 1.09. The van der Waals surface area contributed by atoms with Crippen molar-refractivity contribution in [2.45, 2.75) is 30.9 Å². The predicted octanol–water partition coefficient (Wildman–Crippen LogP) is 3.34. The molecule has 0 bridgehead atoms. The van der Waals surface area contributed by atoms with Crippen LogP contribution < -0.4 is 20.3 Å². The number of carbonyl (C=O) groups excluding carboxylic acids is 1. The Morgan fingerprint density at radius 1 is 1.09 bits per heavy atom. The number of aryl methyl sites for hydroxylation is 1. The third-order valence-corrected chi connectivity index (χ3v) is 7.45. The van der Waals surface area contributed by atoms with E-state index < -0.39 is 10.0 Å². The van der Waals surface area contributed by atoms with Crippen LogP contribution in [0.25, 0.3) is 0 Å². The van der Waals surface area contributed by atoms with Gasteiger partial charge in [-0.15, -0.1) is 0 Å². The van der Waals surface area contributed by atoms with Gasteiger partial charge in [-0.1, -0.05) is 11.3 Å². The van der Waals surface area contributed by atoms with Crippen LogP contribution in [0.1, 0.15) is 25.5 Å². The van der Waals surface area contributed by atoms with Gasteiger partial charge in [0.15, 0.2) is 9.34 Å². The standard InChI is InChI=1S/C20H23N7O3S2/c1-13-11-17(27-9-3-4-10-27)25-19(22-13)24-15-5-7-16(8-6-15)26-32(29,30)18-12-21-20(31-18)23-14(2)28/h5-8,11-12,26H,3-4,9-10H2,1-2H3,(H,21,23,28)(H,22,24,25). The normalized spacial score (nSPS) is 13.8. The summed E-state index contributed by atoms with van der Waals surface area (Å²) in [4.78, 5) is 26.3. The molecule has 0 spiro atoms. The van der Waals surface area contributed by atoms with E-state index in [4.69, 9.17) is 0 Å². The molecule has 3 aromatic rings. The van der Waals surface area contributed by atoms with Gasteiger partial charge in [-0.2, -0.15) is 4.98 Å². The van der Waals surface area contributed by atoms with E-state index in [0.717, 1.165) is 41.6 Å². The Labute approximate surface area is 190 Å². The second-order valence-electron chi connectivity index (χ2n) is 7.36. The van der Waals surface area contributed by atoms with Gasteiger partial charge in [-0.25, -0.2) is 18.4 Å². The summed E-state index contributed by atoms with van der Waals surface area (Å²) in [6.07, 6.45) is 3.54. The molecule has 3 N–H and O–H groups in total. The zero-order valence-corrected chi connectivity index (χ0v) is 19.3. The maximum absolute atomic E-state index is 12.6. The summed E-state index contributed by atoms with van der Waals surface area (Å²) in [6, 6.07) is 8.76. The second kappa shape index (κ2) is 9.09. The van der Waals surface area contributed by atoms with Crippen molar-refractivity contribution in [3.8, 4) is 0 Å². The molecule has 1 saturated heterocycles. The maximum atomic E-state index is 12.6. The van der Waals surface area contributed by atoms with E-state index in [1.165, 1.54) is 26.0 Å². The fourth-order valence-electron chi connectivity index (χ4n) is 3.26. The van der Waals surface area contributed by atoms with Crippen molar-refractivity contribution in [2.75, 3.05) is 33.3 Å². The number of hydrogen-bond donors (Lipinski definition) is 3. The SMILES string of the molecule is CC(=O)Nc1ncc(S(=O)(=O)Nc2ccc(Nc3nc(C)cc(N4CCCC4)n3)cc2)s1. The molecule has 10 nitrogen and oxygen atoms in total. The van der Waals surface area contributed by atoms with Crippen molar-refractivity contribution in [3.63, 3.8) is 0 Å². The molecule has 1 aliphatic heterocycles. The Kier molecular flexibility index (Phi) is 6.24. The summed E-state index contributed by atoms with van der Waals surface area (Å²) in [5, 5.41) is 5.87. The first-order valence-electron chi connectivity index (χ1n) is 10.0. The highest BCUT2D eigenvalue weighted by Gasteiger charge is 2.19. The van der Waals surface area contributed by atoms with E-state index in [1.54, 1.807) is 24.3 Å². The lowest BCUT2D eigenvalue weighted by molar-refractivity contribution is -0.114. The van der Waals surface area contributed by atoms with Crippen molar-refractivity contribution in [1.82, 2.24) is 15.0 Å². The van der Waals surface area contributed by atoms with Crippen molar-refractivity contribution >= 4 is 55.5 Å². The smallest absolute Gasteiger partial charge is 0.273 e. The molecular formula is C20H23N7O3S2. The third kappa shape index (κ3) is 5.32. The molecule has 0 unspecified atom stereocenters. The Morgan fingerprint density at radius 2 is 1.78 bits per heavy atom. The number of sulfonamides is 1.